The van der Waals surface area contributed by atoms with Gasteiger partial charge >= 0.3 is 0 Å². The summed E-state index contributed by atoms with van der Waals surface area (Å²) in [5.74, 6) is 7.65. The molecule has 0 saturated carbocycles. The van der Waals surface area contributed by atoms with Gasteiger partial charge < -0.3 is 28.4 Å². The van der Waals surface area contributed by atoms with Gasteiger partial charge in [-0.2, -0.15) is 4.80 Å². The first-order chi connectivity index (χ1) is 33.3. The van der Waals surface area contributed by atoms with Crippen LogP contribution in [0.1, 0.15) is 22.8 Å². The third-order valence-corrected chi connectivity index (χ3v) is 13.0. The molecule has 68 heavy (non-hydrogen) atoms. The van der Waals surface area contributed by atoms with E-state index >= 15 is 0 Å². The molecule has 4 heterocycles. The lowest BCUT2D eigenvalue weighted by Crippen LogP contribution is -1.93. The summed E-state index contributed by atoms with van der Waals surface area (Å²) < 4.78 is 38.2. The average molecular weight is 941 g/mol. The number of aromatic nitrogens is 8. The Balaban J connectivity index is 0.000000170. The number of benzene rings is 6. The zero-order chi connectivity index (χ0) is 47.0. The van der Waals surface area contributed by atoms with Gasteiger partial charge in [0.25, 0.3) is 0 Å². The second-order valence-corrected chi connectivity index (χ2v) is 17.1. The molecular weight excluding hydrogens is 897 g/mol. The lowest BCUT2D eigenvalue weighted by atomic mass is 10.1. The van der Waals surface area contributed by atoms with Crippen LogP contribution in [0.2, 0.25) is 0 Å². The highest BCUT2D eigenvalue weighted by Crippen LogP contribution is 2.49. The number of rotatable bonds is 14. The van der Waals surface area contributed by atoms with Gasteiger partial charge in [0.1, 0.15) is 34.5 Å². The number of tetrazole rings is 2. The summed E-state index contributed by atoms with van der Waals surface area (Å²) in [7, 11) is 10.2. The van der Waals surface area contributed by atoms with Crippen molar-refractivity contribution in [3.8, 4) is 66.9 Å². The molecular formula is C52H44N8O6S2. The first kappa shape index (κ1) is 44.8. The maximum atomic E-state index is 6.45. The van der Waals surface area contributed by atoms with E-state index in [0.29, 0.717) is 11.6 Å². The maximum absolute atomic E-state index is 6.45. The predicted octanol–water partition coefficient (Wildman–Crippen LogP) is 12.1. The summed E-state index contributed by atoms with van der Waals surface area (Å²) >= 11 is 3.34. The van der Waals surface area contributed by atoms with Crippen molar-refractivity contribution in [1.82, 2.24) is 40.4 Å². The zero-order valence-electron chi connectivity index (χ0n) is 37.9. The van der Waals surface area contributed by atoms with Crippen molar-refractivity contribution in [3.05, 3.63) is 156 Å². The molecule has 0 N–H and O–H groups in total. The van der Waals surface area contributed by atoms with Gasteiger partial charge in [0.2, 0.25) is 0 Å². The minimum absolute atomic E-state index is 0.562. The minimum atomic E-state index is 0.562. The van der Waals surface area contributed by atoms with Crippen LogP contribution in [-0.2, 0) is 14.1 Å². The Morgan fingerprint density at radius 1 is 0.456 bits per heavy atom. The second kappa shape index (κ2) is 20.4. The summed E-state index contributed by atoms with van der Waals surface area (Å²) in [5, 5.41) is 25.5. The van der Waals surface area contributed by atoms with Gasteiger partial charge in [0, 0.05) is 27.2 Å². The van der Waals surface area contributed by atoms with Gasteiger partial charge in [0.15, 0.2) is 23.1 Å². The third kappa shape index (κ3) is 10.2. The molecule has 10 aromatic rings. The molecule has 0 spiro atoms. The summed E-state index contributed by atoms with van der Waals surface area (Å²) in [4.78, 5) is 3.52. The molecule has 0 amide bonds. The monoisotopic (exact) mass is 940 g/mol. The van der Waals surface area contributed by atoms with E-state index in [2.05, 4.69) is 30.9 Å². The number of nitrogens with zero attached hydrogens (tertiary/aromatic N) is 8. The van der Waals surface area contributed by atoms with Crippen LogP contribution in [0, 0.1) is 0 Å². The molecule has 0 aliphatic carbocycles. The molecule has 0 radical (unpaired) electrons. The molecule has 6 aromatic carbocycles. The Morgan fingerprint density at radius 2 is 0.897 bits per heavy atom. The van der Waals surface area contributed by atoms with E-state index in [1.165, 1.54) is 4.80 Å². The topological polar surface area (TPSA) is 143 Å². The van der Waals surface area contributed by atoms with Crippen LogP contribution in [0.5, 0.6) is 46.0 Å². The first-order valence-corrected chi connectivity index (χ1v) is 22.8. The van der Waals surface area contributed by atoms with Crippen molar-refractivity contribution in [3.63, 3.8) is 0 Å². The van der Waals surface area contributed by atoms with Crippen molar-refractivity contribution in [2.75, 3.05) is 28.4 Å². The Labute approximate surface area is 399 Å². The van der Waals surface area contributed by atoms with Crippen molar-refractivity contribution < 1.29 is 28.4 Å². The fourth-order valence-electron chi connectivity index (χ4n) is 7.04. The lowest BCUT2D eigenvalue weighted by molar-refractivity contribution is 0.414. The van der Waals surface area contributed by atoms with Crippen LogP contribution in [0.4, 0.5) is 0 Å². The Morgan fingerprint density at radius 3 is 1.31 bits per heavy atom. The minimum Gasteiger partial charge on any atom is -0.497 e. The Hall–Kier alpha value is -8.34. The third-order valence-electron chi connectivity index (χ3n) is 10.6. The second-order valence-electron chi connectivity index (χ2n) is 15.0. The number of thiophene rings is 2. The Kier molecular flexibility index (Phi) is 13.5. The molecule has 0 bridgehead atoms. The molecule has 16 heteroatoms. The van der Waals surface area contributed by atoms with Gasteiger partial charge in [-0.25, -0.2) is 4.68 Å². The van der Waals surface area contributed by atoms with Crippen molar-refractivity contribution in [2.24, 2.45) is 14.1 Å². The maximum Gasteiger partial charge on any atom is 0.197 e. The summed E-state index contributed by atoms with van der Waals surface area (Å²) in [6.45, 7) is 0. The number of fused-ring (bicyclic) bond motifs is 2. The average Bonchev–Trinajstić information content (AvgIpc) is 4.18. The van der Waals surface area contributed by atoms with Gasteiger partial charge in [-0.3, -0.25) is 0 Å². The predicted molar refractivity (Wildman–Crippen MR) is 269 cm³/mol. The van der Waals surface area contributed by atoms with Crippen LogP contribution >= 0.6 is 22.7 Å². The molecule has 0 aliphatic heterocycles. The number of hydrogen-bond donors (Lipinski definition) is 0. The molecule has 0 aliphatic rings. The smallest absolute Gasteiger partial charge is 0.197 e. The highest BCUT2D eigenvalue weighted by molar-refractivity contribution is 7.23. The van der Waals surface area contributed by atoms with Crippen LogP contribution < -0.4 is 28.4 Å². The molecule has 0 fully saturated rings. The molecule has 0 atom stereocenters. The fraction of sp³-hybridized carbons (Fsp3) is 0.115. The molecule has 4 aromatic heterocycles. The standard InChI is InChI=1S/2C26H22N4O3S/c1-30-24(27-28-29-30)15-6-17-4-9-20(10-5-17)33-25-22-14-13-21(32-3)16-23(22)34-26(25)18-7-11-19(31-2)12-8-18;1-30-28-24(27-29-30)15-6-17-4-9-20(10-5-17)33-25-22-14-13-21(32-3)16-23(22)34-26(25)18-7-11-19(31-2)12-8-18/h2*4-16H,1-3H3/b2*15-6+. The summed E-state index contributed by atoms with van der Waals surface area (Å²) in [6.07, 6.45) is 7.60. The Bertz CT molecular complexity index is 3360. The quantitative estimate of drug-likeness (QED) is 0.102. The van der Waals surface area contributed by atoms with Crippen molar-refractivity contribution in [2.45, 2.75) is 0 Å². The van der Waals surface area contributed by atoms with Crippen molar-refractivity contribution in [1.29, 1.82) is 0 Å². The van der Waals surface area contributed by atoms with Gasteiger partial charge in [-0.05, 0) is 159 Å². The molecule has 0 saturated heterocycles. The SMILES string of the molecule is COc1ccc(-c2sc3cc(OC)ccc3c2Oc2ccc(/C=C/c3nnn(C)n3)cc2)cc1.COc1ccc(-c2sc3cc(OC)ccc3c2Oc2ccc(/C=C/c3nnnn3C)cc2)cc1. The first-order valence-electron chi connectivity index (χ1n) is 21.2. The molecule has 0 unspecified atom stereocenters. The number of aryl methyl sites for hydroxylation is 2. The van der Waals surface area contributed by atoms with Crippen LogP contribution in [0.25, 0.3) is 65.4 Å². The largest absolute Gasteiger partial charge is 0.497 e. The highest BCUT2D eigenvalue weighted by Gasteiger charge is 2.19. The number of methoxy groups -OCH3 is 4. The van der Waals surface area contributed by atoms with E-state index in [-0.39, 0.29) is 0 Å². The van der Waals surface area contributed by atoms with Gasteiger partial charge in [0.05, 0.1) is 45.2 Å². The van der Waals surface area contributed by atoms with E-state index in [9.17, 15) is 0 Å². The van der Waals surface area contributed by atoms with Gasteiger partial charge in [-0.15, -0.1) is 38.0 Å². The summed E-state index contributed by atoms with van der Waals surface area (Å²) in [6, 6.07) is 43.9. The van der Waals surface area contributed by atoms with E-state index in [0.717, 1.165) is 98.2 Å². The lowest BCUT2D eigenvalue weighted by Gasteiger charge is -2.09. The molecule has 10 rings (SSSR count). The normalized spacial score (nSPS) is 11.3. The molecule has 340 valence electrons. The van der Waals surface area contributed by atoms with E-state index in [4.69, 9.17) is 28.4 Å². The fourth-order valence-corrected chi connectivity index (χ4v) is 9.37. The highest BCUT2D eigenvalue weighted by atomic mass is 32.1. The number of ether oxygens (including phenoxy) is 6. The van der Waals surface area contributed by atoms with E-state index in [1.807, 2.05) is 158 Å². The van der Waals surface area contributed by atoms with E-state index < -0.39 is 0 Å². The van der Waals surface area contributed by atoms with Crippen molar-refractivity contribution >= 4 is 67.1 Å². The van der Waals surface area contributed by atoms with E-state index in [1.54, 1.807) is 69.9 Å². The zero-order valence-corrected chi connectivity index (χ0v) is 39.5. The van der Waals surface area contributed by atoms with Crippen LogP contribution in [0.15, 0.2) is 133 Å². The number of hydrogen-bond acceptors (Lipinski definition) is 14. The molecule has 14 nitrogen and oxygen atoms in total. The van der Waals surface area contributed by atoms with Gasteiger partial charge in [-0.1, -0.05) is 36.4 Å². The summed E-state index contributed by atoms with van der Waals surface area (Å²) in [5.41, 5.74) is 4.15. The van der Waals surface area contributed by atoms with Crippen LogP contribution in [-0.4, -0.2) is 68.9 Å². The van der Waals surface area contributed by atoms with Crippen LogP contribution in [0.3, 0.4) is 0 Å².